The largest absolute Gasteiger partial charge is 0.228 e. The van der Waals surface area contributed by atoms with Gasteiger partial charge in [-0.3, -0.25) is 0 Å². The zero-order valence-corrected chi connectivity index (χ0v) is 15.3. The number of nitrogens with zero attached hydrogens (tertiary/aromatic N) is 1. The quantitative estimate of drug-likeness (QED) is 0.460. The van der Waals surface area contributed by atoms with Crippen molar-refractivity contribution < 1.29 is 0 Å². The van der Waals surface area contributed by atoms with Gasteiger partial charge in [-0.2, -0.15) is 0 Å². The average Bonchev–Trinajstić information content (AvgIpc) is 2.54. The van der Waals surface area contributed by atoms with Crippen molar-refractivity contribution in [3.05, 3.63) is 48.0 Å². The third-order valence-corrected chi connectivity index (χ3v) is 5.46. The summed E-state index contributed by atoms with van der Waals surface area (Å²) in [5.41, 5.74) is 1.56. The van der Waals surface area contributed by atoms with Crippen LogP contribution in [0.3, 0.4) is 0 Å². The van der Waals surface area contributed by atoms with Crippen LogP contribution in [0.2, 0.25) is 0 Å². The molecule has 0 amide bonds. The van der Waals surface area contributed by atoms with Crippen LogP contribution in [-0.4, -0.2) is 11.0 Å². The Hall–Kier alpha value is -1.28. The topological polar surface area (TPSA) is 12.4 Å². The molecule has 3 rings (SSSR count). The first-order valence-corrected chi connectivity index (χ1v) is 9.48. The summed E-state index contributed by atoms with van der Waals surface area (Å²) in [7, 11) is 0. The van der Waals surface area contributed by atoms with Gasteiger partial charge in [-0.1, -0.05) is 61.7 Å². The first kappa shape index (κ1) is 16.6. The highest BCUT2D eigenvalue weighted by Gasteiger charge is 2.32. The van der Waals surface area contributed by atoms with Gasteiger partial charge in [0, 0.05) is 16.4 Å². The van der Waals surface area contributed by atoms with E-state index in [0.29, 0.717) is 0 Å². The number of hydrogen-bond acceptors (Lipinski definition) is 2. The van der Waals surface area contributed by atoms with Gasteiger partial charge in [0.15, 0.2) is 0 Å². The molecule has 1 aliphatic rings. The van der Waals surface area contributed by atoms with Crippen LogP contribution >= 0.6 is 11.9 Å². The second kappa shape index (κ2) is 6.68. The lowest BCUT2D eigenvalue weighted by Gasteiger charge is -2.34. The predicted octanol–water partition coefficient (Wildman–Crippen LogP) is 6.56. The minimum atomic E-state index is 0.126. The van der Waals surface area contributed by atoms with Gasteiger partial charge in [0.2, 0.25) is 0 Å². The van der Waals surface area contributed by atoms with Gasteiger partial charge in [-0.15, -0.1) is 0 Å². The van der Waals surface area contributed by atoms with Crippen molar-refractivity contribution in [1.82, 2.24) is 0 Å². The molecule has 0 unspecified atom stereocenters. The second-order valence-electron chi connectivity index (χ2n) is 7.72. The van der Waals surface area contributed by atoms with Crippen LogP contribution < -0.4 is 0 Å². The Balaban J connectivity index is 1.96. The van der Waals surface area contributed by atoms with Gasteiger partial charge in [0.05, 0.1) is 0 Å². The van der Waals surface area contributed by atoms with E-state index in [2.05, 4.69) is 69.5 Å². The van der Waals surface area contributed by atoms with E-state index in [1.165, 1.54) is 48.4 Å². The molecule has 0 heterocycles. The summed E-state index contributed by atoms with van der Waals surface area (Å²) in [5.74, 6) is 0. The molecule has 0 bridgehead atoms. The second-order valence-corrected chi connectivity index (χ2v) is 9.34. The van der Waals surface area contributed by atoms with Gasteiger partial charge in [-0.25, -0.2) is 4.40 Å². The van der Waals surface area contributed by atoms with Crippen LogP contribution in [0.15, 0.2) is 46.9 Å². The Morgan fingerprint density at radius 1 is 0.957 bits per heavy atom. The van der Waals surface area contributed by atoms with Crippen molar-refractivity contribution in [3.63, 3.8) is 0 Å². The van der Waals surface area contributed by atoms with Crippen molar-refractivity contribution in [2.24, 2.45) is 4.40 Å². The summed E-state index contributed by atoms with van der Waals surface area (Å²) in [6, 6.07) is 15.6. The van der Waals surface area contributed by atoms with E-state index in [0.717, 1.165) is 0 Å². The van der Waals surface area contributed by atoms with E-state index < -0.39 is 0 Å². The van der Waals surface area contributed by atoms with E-state index in [1.54, 1.807) is 11.9 Å². The van der Waals surface area contributed by atoms with Crippen LogP contribution in [0.4, 0.5) is 0 Å². The molecule has 0 radical (unpaired) electrons. The Morgan fingerprint density at radius 2 is 1.65 bits per heavy atom. The van der Waals surface area contributed by atoms with Crippen molar-refractivity contribution >= 4 is 28.9 Å². The summed E-state index contributed by atoms with van der Waals surface area (Å²) < 4.78 is 4.96. The highest BCUT2D eigenvalue weighted by molar-refractivity contribution is 7.99. The van der Waals surface area contributed by atoms with Crippen LogP contribution in [0.25, 0.3) is 10.8 Å². The normalized spacial score (nSPS) is 18.6. The number of benzene rings is 2. The molecule has 2 aromatic carbocycles. The summed E-state index contributed by atoms with van der Waals surface area (Å²) >= 11 is 1.69. The maximum Gasteiger partial charge on any atom is 0.0313 e. The van der Waals surface area contributed by atoms with Crippen molar-refractivity contribution in [1.29, 1.82) is 0 Å². The summed E-state index contributed by atoms with van der Waals surface area (Å²) in [6.07, 6.45) is 8.67. The van der Waals surface area contributed by atoms with E-state index >= 15 is 0 Å². The molecule has 1 nitrogen and oxygen atoms in total. The van der Waals surface area contributed by atoms with E-state index in [9.17, 15) is 0 Å². The van der Waals surface area contributed by atoms with E-state index in [4.69, 9.17) is 4.40 Å². The summed E-state index contributed by atoms with van der Waals surface area (Å²) in [5, 5.41) is 2.66. The SMILES string of the molecule is CC(C)(C)SN=CC1(c2ccc3ccccc3c2)CCCCC1. The third kappa shape index (κ3) is 3.98. The predicted molar refractivity (Wildman–Crippen MR) is 105 cm³/mol. The molecule has 23 heavy (non-hydrogen) atoms. The molecule has 1 fully saturated rings. The molecule has 0 atom stereocenters. The molecule has 122 valence electrons. The average molecular weight is 326 g/mol. The molecule has 2 heteroatoms. The standard InChI is InChI=1S/C21H27NS/c1-20(2,3)23-22-16-21(13-7-4-8-14-21)19-12-11-17-9-5-6-10-18(17)15-19/h5-6,9-12,15-16H,4,7-8,13-14H2,1-3H3. The fourth-order valence-corrected chi connectivity index (χ4v) is 4.03. The Bertz CT molecular complexity index is 690. The summed E-state index contributed by atoms with van der Waals surface area (Å²) in [6.45, 7) is 6.66. The smallest absolute Gasteiger partial charge is 0.0313 e. The molecular formula is C21H27NS. The number of hydrogen-bond donors (Lipinski definition) is 0. The lowest BCUT2D eigenvalue weighted by Crippen LogP contribution is -2.30. The molecule has 0 N–H and O–H groups in total. The molecule has 0 aliphatic heterocycles. The van der Waals surface area contributed by atoms with Gasteiger partial charge in [0.1, 0.15) is 0 Å². The molecule has 0 aromatic heterocycles. The minimum Gasteiger partial charge on any atom is -0.228 e. The van der Waals surface area contributed by atoms with E-state index in [-0.39, 0.29) is 10.2 Å². The highest BCUT2D eigenvalue weighted by Crippen LogP contribution is 2.40. The van der Waals surface area contributed by atoms with Crippen molar-refractivity contribution in [2.75, 3.05) is 0 Å². The van der Waals surface area contributed by atoms with Crippen LogP contribution in [-0.2, 0) is 5.41 Å². The van der Waals surface area contributed by atoms with Crippen molar-refractivity contribution in [2.45, 2.75) is 63.0 Å². The number of rotatable bonds is 3. The maximum absolute atomic E-state index is 4.79. The molecule has 2 aromatic rings. The Kier molecular flexibility index (Phi) is 4.82. The van der Waals surface area contributed by atoms with Crippen LogP contribution in [0.5, 0.6) is 0 Å². The Morgan fingerprint density at radius 3 is 2.35 bits per heavy atom. The maximum atomic E-state index is 4.79. The number of fused-ring (bicyclic) bond motifs is 1. The third-order valence-electron chi connectivity index (χ3n) is 4.70. The van der Waals surface area contributed by atoms with Gasteiger partial charge < -0.3 is 0 Å². The van der Waals surface area contributed by atoms with Crippen molar-refractivity contribution in [3.8, 4) is 0 Å². The van der Waals surface area contributed by atoms with E-state index in [1.807, 2.05) is 0 Å². The summed E-state index contributed by atoms with van der Waals surface area (Å²) in [4.78, 5) is 0. The Labute approximate surface area is 144 Å². The van der Waals surface area contributed by atoms with Gasteiger partial charge in [-0.05, 0) is 61.9 Å². The molecule has 1 saturated carbocycles. The molecule has 1 aliphatic carbocycles. The lowest BCUT2D eigenvalue weighted by atomic mass is 9.70. The van der Waals surface area contributed by atoms with Crippen LogP contribution in [0.1, 0.15) is 58.4 Å². The fraction of sp³-hybridized carbons (Fsp3) is 0.476. The monoisotopic (exact) mass is 325 g/mol. The minimum absolute atomic E-state index is 0.126. The zero-order chi connectivity index (χ0) is 16.3. The zero-order valence-electron chi connectivity index (χ0n) is 14.5. The highest BCUT2D eigenvalue weighted by atomic mass is 32.2. The first-order valence-electron chi connectivity index (χ1n) is 8.71. The lowest BCUT2D eigenvalue weighted by molar-refractivity contribution is 0.387. The van der Waals surface area contributed by atoms with Gasteiger partial charge in [0.25, 0.3) is 0 Å². The molecular weight excluding hydrogens is 298 g/mol. The first-order chi connectivity index (χ1) is 11.0. The molecule has 0 saturated heterocycles. The molecule has 0 spiro atoms. The van der Waals surface area contributed by atoms with Gasteiger partial charge >= 0.3 is 0 Å². The van der Waals surface area contributed by atoms with Crippen LogP contribution in [0, 0.1) is 0 Å². The fourth-order valence-electron chi connectivity index (χ4n) is 3.46.